The molecule has 0 saturated carbocycles. The molecule has 2 heterocycles. The van der Waals surface area contributed by atoms with E-state index in [4.69, 9.17) is 11.6 Å². The van der Waals surface area contributed by atoms with Crippen molar-refractivity contribution >= 4 is 28.9 Å². The lowest BCUT2D eigenvalue weighted by Gasteiger charge is -2.19. The number of carbonyl (C=O) groups is 1. The number of esters is 1. The molecule has 25 heavy (non-hydrogen) atoms. The minimum Gasteiger partial charge on any atom is -0.465 e. The Labute approximate surface area is 149 Å². The van der Waals surface area contributed by atoms with E-state index in [2.05, 4.69) is 9.84 Å². The minimum absolute atomic E-state index is 0.0115. The van der Waals surface area contributed by atoms with Crippen molar-refractivity contribution in [1.82, 2.24) is 9.78 Å². The highest BCUT2D eigenvalue weighted by molar-refractivity contribution is 6.34. The first-order valence-corrected chi connectivity index (χ1v) is 8.08. The summed E-state index contributed by atoms with van der Waals surface area (Å²) in [5.41, 5.74) is 1.35. The molecular formula is C16H17ClN4O4. The highest BCUT2D eigenvalue weighted by Gasteiger charge is 2.31. The molecule has 1 aromatic heterocycles. The number of aryl methyl sites for hydroxylation is 1. The molecule has 132 valence electrons. The zero-order chi connectivity index (χ0) is 18.1. The van der Waals surface area contributed by atoms with Crippen LogP contribution in [0, 0.1) is 10.1 Å². The molecule has 0 bridgehead atoms. The van der Waals surface area contributed by atoms with Gasteiger partial charge in [-0.25, -0.2) is 4.79 Å². The number of nitrogens with zero attached hydrogens (tertiary/aromatic N) is 4. The standard InChI is InChI=1S/C16H17ClN4O4/c1-19-8-11(7-18-19)10-3-4-20(9-10)14-6-13(17)12(16(22)25-2)5-15(14)21(23)24/h5-8,10H,3-4,9H2,1-2H3. The maximum atomic E-state index is 11.7. The Morgan fingerprint density at radius 3 is 2.84 bits per heavy atom. The van der Waals surface area contributed by atoms with E-state index in [1.54, 1.807) is 4.68 Å². The van der Waals surface area contributed by atoms with Crippen LogP contribution in [0.4, 0.5) is 11.4 Å². The monoisotopic (exact) mass is 364 g/mol. The number of anilines is 1. The van der Waals surface area contributed by atoms with Crippen LogP contribution < -0.4 is 4.90 Å². The van der Waals surface area contributed by atoms with Crippen LogP contribution in [0.25, 0.3) is 0 Å². The smallest absolute Gasteiger partial charge is 0.339 e. The van der Waals surface area contributed by atoms with Crippen LogP contribution >= 0.6 is 11.6 Å². The second-order valence-corrected chi connectivity index (χ2v) is 6.36. The van der Waals surface area contributed by atoms with Crippen molar-refractivity contribution in [1.29, 1.82) is 0 Å². The number of rotatable bonds is 4. The Bertz CT molecular complexity index is 836. The Balaban J connectivity index is 1.93. The van der Waals surface area contributed by atoms with Crippen molar-refractivity contribution in [2.45, 2.75) is 12.3 Å². The van der Waals surface area contributed by atoms with Gasteiger partial charge in [-0.3, -0.25) is 14.8 Å². The van der Waals surface area contributed by atoms with E-state index in [0.717, 1.165) is 12.0 Å². The number of methoxy groups -OCH3 is 1. The average molecular weight is 365 g/mol. The quantitative estimate of drug-likeness (QED) is 0.470. The Morgan fingerprint density at radius 1 is 1.48 bits per heavy atom. The number of aromatic nitrogens is 2. The molecule has 1 atom stereocenters. The van der Waals surface area contributed by atoms with E-state index < -0.39 is 10.9 Å². The molecule has 1 saturated heterocycles. The van der Waals surface area contributed by atoms with Crippen molar-refractivity contribution in [3.05, 3.63) is 50.8 Å². The zero-order valence-electron chi connectivity index (χ0n) is 13.8. The number of benzene rings is 1. The lowest BCUT2D eigenvalue weighted by Crippen LogP contribution is -2.21. The third kappa shape index (κ3) is 3.30. The molecule has 1 unspecified atom stereocenters. The number of nitro groups is 1. The van der Waals surface area contributed by atoms with Gasteiger partial charge in [0.05, 0.1) is 28.8 Å². The number of hydrogen-bond acceptors (Lipinski definition) is 6. The van der Waals surface area contributed by atoms with Crippen LogP contribution in [0.5, 0.6) is 0 Å². The normalized spacial score (nSPS) is 16.9. The van der Waals surface area contributed by atoms with Crippen LogP contribution in [0.15, 0.2) is 24.5 Å². The summed E-state index contributed by atoms with van der Waals surface area (Å²) >= 11 is 6.15. The van der Waals surface area contributed by atoms with Crippen molar-refractivity contribution in [2.75, 3.05) is 25.1 Å². The van der Waals surface area contributed by atoms with Crippen LogP contribution in [-0.4, -0.2) is 40.9 Å². The summed E-state index contributed by atoms with van der Waals surface area (Å²) in [6.45, 7) is 1.29. The van der Waals surface area contributed by atoms with Gasteiger partial charge in [0.2, 0.25) is 0 Å². The van der Waals surface area contributed by atoms with E-state index in [-0.39, 0.29) is 22.2 Å². The van der Waals surface area contributed by atoms with E-state index in [1.165, 1.54) is 19.2 Å². The van der Waals surface area contributed by atoms with Crippen molar-refractivity contribution < 1.29 is 14.5 Å². The Kier molecular flexibility index (Phi) is 4.63. The molecule has 1 aliphatic heterocycles. The fraction of sp³-hybridized carbons (Fsp3) is 0.375. The van der Waals surface area contributed by atoms with Gasteiger partial charge in [-0.05, 0) is 18.1 Å². The second-order valence-electron chi connectivity index (χ2n) is 5.95. The summed E-state index contributed by atoms with van der Waals surface area (Å²) in [4.78, 5) is 24.6. The van der Waals surface area contributed by atoms with Crippen LogP contribution in [-0.2, 0) is 11.8 Å². The fourth-order valence-electron chi connectivity index (χ4n) is 3.12. The molecule has 0 spiro atoms. The Hall–Kier alpha value is -2.61. The topological polar surface area (TPSA) is 90.5 Å². The predicted octanol–water partition coefficient (Wildman–Crippen LogP) is 2.76. The number of carbonyl (C=O) groups excluding carboxylic acids is 1. The van der Waals surface area contributed by atoms with Crippen LogP contribution in [0.1, 0.15) is 28.3 Å². The molecule has 1 aliphatic rings. The first-order chi connectivity index (χ1) is 11.9. The first kappa shape index (κ1) is 17.2. The summed E-state index contributed by atoms with van der Waals surface area (Å²) in [6, 6.07) is 2.65. The van der Waals surface area contributed by atoms with Gasteiger partial charge in [0, 0.05) is 38.3 Å². The summed E-state index contributed by atoms with van der Waals surface area (Å²) in [5.74, 6) is -0.457. The third-order valence-corrected chi connectivity index (χ3v) is 4.70. The molecule has 0 amide bonds. The van der Waals surface area contributed by atoms with E-state index >= 15 is 0 Å². The molecular weight excluding hydrogens is 348 g/mol. The highest BCUT2D eigenvalue weighted by Crippen LogP contribution is 2.38. The maximum absolute atomic E-state index is 11.7. The molecule has 1 fully saturated rings. The summed E-state index contributed by atoms with van der Waals surface area (Å²) in [5, 5.41) is 15.8. The summed E-state index contributed by atoms with van der Waals surface area (Å²) in [6.07, 6.45) is 4.63. The molecule has 9 heteroatoms. The van der Waals surface area contributed by atoms with Crippen molar-refractivity contribution in [3.63, 3.8) is 0 Å². The predicted molar refractivity (Wildman–Crippen MR) is 92.2 cm³/mol. The lowest BCUT2D eigenvalue weighted by molar-refractivity contribution is -0.384. The van der Waals surface area contributed by atoms with Gasteiger partial charge in [-0.2, -0.15) is 5.10 Å². The molecule has 0 radical (unpaired) electrons. The Morgan fingerprint density at radius 2 is 2.24 bits per heavy atom. The van der Waals surface area contributed by atoms with E-state index in [9.17, 15) is 14.9 Å². The maximum Gasteiger partial charge on any atom is 0.339 e. The molecule has 8 nitrogen and oxygen atoms in total. The van der Waals surface area contributed by atoms with Crippen molar-refractivity contribution in [2.24, 2.45) is 7.05 Å². The number of hydrogen-bond donors (Lipinski definition) is 0. The van der Waals surface area contributed by atoms with E-state index in [1.807, 2.05) is 24.3 Å². The van der Waals surface area contributed by atoms with Gasteiger partial charge < -0.3 is 9.64 Å². The lowest BCUT2D eigenvalue weighted by atomic mass is 10.0. The SMILES string of the molecule is COC(=O)c1cc([N+](=O)[O-])c(N2CCC(c3cnn(C)c3)C2)cc1Cl. The largest absolute Gasteiger partial charge is 0.465 e. The molecule has 3 rings (SSSR count). The van der Waals surface area contributed by atoms with Gasteiger partial charge in [-0.15, -0.1) is 0 Å². The number of ether oxygens (including phenoxy) is 1. The number of halogens is 1. The highest BCUT2D eigenvalue weighted by atomic mass is 35.5. The van der Waals surface area contributed by atoms with Crippen LogP contribution in [0.2, 0.25) is 5.02 Å². The van der Waals surface area contributed by atoms with Gasteiger partial charge >= 0.3 is 5.97 Å². The molecule has 1 aromatic carbocycles. The van der Waals surface area contributed by atoms with Crippen molar-refractivity contribution in [3.8, 4) is 0 Å². The third-order valence-electron chi connectivity index (χ3n) is 4.39. The minimum atomic E-state index is -0.700. The molecule has 0 N–H and O–H groups in total. The van der Waals surface area contributed by atoms with Crippen LogP contribution in [0.3, 0.4) is 0 Å². The number of nitro benzene ring substituents is 1. The van der Waals surface area contributed by atoms with Gasteiger partial charge in [-0.1, -0.05) is 11.6 Å². The zero-order valence-corrected chi connectivity index (χ0v) is 14.6. The molecule has 0 aliphatic carbocycles. The molecule has 2 aromatic rings. The van der Waals surface area contributed by atoms with Gasteiger partial charge in [0.1, 0.15) is 5.69 Å². The summed E-state index contributed by atoms with van der Waals surface area (Å²) < 4.78 is 6.36. The first-order valence-electron chi connectivity index (χ1n) is 7.70. The second kappa shape index (κ2) is 6.72. The summed E-state index contributed by atoms with van der Waals surface area (Å²) in [7, 11) is 3.06. The van der Waals surface area contributed by atoms with E-state index in [0.29, 0.717) is 18.8 Å². The average Bonchev–Trinajstić information content (AvgIpc) is 3.22. The van der Waals surface area contributed by atoms with Gasteiger partial charge in [0.15, 0.2) is 0 Å². The van der Waals surface area contributed by atoms with Gasteiger partial charge in [0.25, 0.3) is 5.69 Å². The fourth-order valence-corrected chi connectivity index (χ4v) is 3.35.